The van der Waals surface area contributed by atoms with Gasteiger partial charge < -0.3 is 9.26 Å². The Hall–Kier alpha value is -3.59. The number of methoxy groups -OCH3 is 1. The summed E-state index contributed by atoms with van der Waals surface area (Å²) in [5.74, 6) is 1.48. The molecule has 1 atom stereocenters. The van der Waals surface area contributed by atoms with E-state index in [2.05, 4.69) is 20.7 Å². The summed E-state index contributed by atoms with van der Waals surface area (Å²) in [5.41, 5.74) is 2.45. The van der Waals surface area contributed by atoms with Crippen molar-refractivity contribution in [1.29, 1.82) is 0 Å². The van der Waals surface area contributed by atoms with Crippen molar-refractivity contribution < 1.29 is 14.1 Å². The average Bonchev–Trinajstić information content (AvgIpc) is 3.40. The number of hydrogen-bond donors (Lipinski definition) is 1. The van der Waals surface area contributed by atoms with Gasteiger partial charge in [-0.1, -0.05) is 47.3 Å². The third-order valence-electron chi connectivity index (χ3n) is 4.50. The molecule has 2 aromatic heterocycles. The van der Waals surface area contributed by atoms with Gasteiger partial charge in [0.25, 0.3) is 0 Å². The van der Waals surface area contributed by atoms with E-state index in [9.17, 15) is 4.79 Å². The van der Waals surface area contributed by atoms with E-state index in [4.69, 9.17) is 9.26 Å². The van der Waals surface area contributed by atoms with Crippen molar-refractivity contribution in [3.8, 4) is 22.8 Å². The fraction of sp³-hybridized carbons (Fsp3) is 0.182. The Morgan fingerprint density at radius 1 is 1.13 bits per heavy atom. The first-order valence-electron chi connectivity index (χ1n) is 9.61. The number of carbonyl (C=O) groups excluding carboxylic acids is 1. The van der Waals surface area contributed by atoms with Gasteiger partial charge in [0.15, 0.2) is 11.0 Å². The van der Waals surface area contributed by atoms with E-state index in [1.54, 1.807) is 27.0 Å². The lowest BCUT2D eigenvalue weighted by atomic mass is 10.2. The van der Waals surface area contributed by atoms with Crippen molar-refractivity contribution in [2.45, 2.75) is 24.3 Å². The summed E-state index contributed by atoms with van der Waals surface area (Å²) in [6, 6.07) is 19.1. The molecule has 1 N–H and O–H groups in total. The number of nitrogens with one attached hydrogen (secondary N) is 1. The topological polar surface area (TPSA) is 95.1 Å². The number of benzene rings is 2. The Balaban J connectivity index is 1.66. The first kappa shape index (κ1) is 20.7. The highest BCUT2D eigenvalue weighted by atomic mass is 32.2. The van der Waals surface area contributed by atoms with Gasteiger partial charge in [-0.2, -0.15) is 0 Å². The number of rotatable bonds is 7. The first-order valence-corrected chi connectivity index (χ1v) is 10.5. The quantitative estimate of drug-likeness (QED) is 0.431. The molecule has 0 fully saturated rings. The van der Waals surface area contributed by atoms with Gasteiger partial charge in [0.05, 0.1) is 18.1 Å². The highest BCUT2D eigenvalue weighted by Gasteiger charge is 2.23. The van der Waals surface area contributed by atoms with Gasteiger partial charge in [0.2, 0.25) is 11.8 Å². The number of hydrogen-bond acceptors (Lipinski definition) is 7. The van der Waals surface area contributed by atoms with Gasteiger partial charge in [0, 0.05) is 17.3 Å². The Bertz CT molecular complexity index is 1190. The van der Waals surface area contributed by atoms with Gasteiger partial charge in [-0.15, -0.1) is 10.2 Å². The lowest BCUT2D eigenvalue weighted by molar-refractivity contribution is -0.115. The monoisotopic (exact) mass is 435 g/mol. The Morgan fingerprint density at radius 3 is 2.65 bits per heavy atom. The fourth-order valence-electron chi connectivity index (χ4n) is 2.96. The second-order valence-electron chi connectivity index (χ2n) is 6.79. The molecule has 2 aromatic carbocycles. The van der Waals surface area contributed by atoms with Gasteiger partial charge >= 0.3 is 0 Å². The molecule has 9 heteroatoms. The lowest BCUT2D eigenvalue weighted by Gasteiger charge is -2.13. The Morgan fingerprint density at radius 2 is 1.94 bits per heavy atom. The van der Waals surface area contributed by atoms with E-state index >= 15 is 0 Å². The second kappa shape index (κ2) is 9.05. The second-order valence-corrected chi connectivity index (χ2v) is 8.10. The van der Waals surface area contributed by atoms with E-state index in [-0.39, 0.29) is 5.91 Å². The van der Waals surface area contributed by atoms with Gasteiger partial charge in [-0.3, -0.25) is 14.7 Å². The van der Waals surface area contributed by atoms with Crippen LogP contribution in [0.2, 0.25) is 0 Å². The highest BCUT2D eigenvalue weighted by molar-refractivity contribution is 8.00. The van der Waals surface area contributed by atoms with Crippen molar-refractivity contribution in [2.75, 3.05) is 12.4 Å². The molecule has 0 aliphatic carbocycles. The van der Waals surface area contributed by atoms with E-state index < -0.39 is 5.25 Å². The molecular formula is C22H21N5O3S. The molecule has 0 saturated heterocycles. The molecule has 0 bridgehead atoms. The van der Waals surface area contributed by atoms with Crippen LogP contribution in [-0.4, -0.2) is 38.2 Å². The maximum Gasteiger partial charge on any atom is 0.240 e. The summed E-state index contributed by atoms with van der Waals surface area (Å²) < 4.78 is 12.4. The van der Waals surface area contributed by atoms with Gasteiger partial charge in [-0.25, -0.2) is 0 Å². The van der Waals surface area contributed by atoms with E-state index in [1.807, 2.05) is 59.2 Å². The molecule has 0 radical (unpaired) electrons. The fourth-order valence-corrected chi connectivity index (χ4v) is 3.83. The zero-order valence-corrected chi connectivity index (χ0v) is 18.1. The highest BCUT2D eigenvalue weighted by Crippen LogP contribution is 2.31. The summed E-state index contributed by atoms with van der Waals surface area (Å²) >= 11 is 1.31. The molecule has 8 nitrogen and oxygen atoms in total. The minimum atomic E-state index is -0.449. The zero-order chi connectivity index (χ0) is 21.8. The minimum Gasteiger partial charge on any atom is -0.497 e. The summed E-state index contributed by atoms with van der Waals surface area (Å²) in [5, 5.41) is 15.5. The molecular weight excluding hydrogens is 414 g/mol. The van der Waals surface area contributed by atoms with Gasteiger partial charge in [-0.05, 0) is 38.1 Å². The standard InChI is InChI=1S/C22H21N5O3S/c1-14-12-19(30-26-14)23-21(28)15(2)31-22-25-24-20(16-8-7-11-18(13-16)29-3)27(22)17-9-5-4-6-10-17/h4-13,15H,1-3H3,(H,23,28). The largest absolute Gasteiger partial charge is 0.497 e. The van der Waals surface area contributed by atoms with Crippen molar-refractivity contribution in [3.05, 3.63) is 66.4 Å². The van der Waals surface area contributed by atoms with Crippen LogP contribution in [0.5, 0.6) is 5.75 Å². The summed E-state index contributed by atoms with van der Waals surface area (Å²) in [6.45, 7) is 3.60. The molecule has 4 rings (SSSR count). The van der Waals surface area contributed by atoms with Crippen LogP contribution in [0.1, 0.15) is 12.6 Å². The minimum absolute atomic E-state index is 0.216. The van der Waals surface area contributed by atoms with E-state index in [0.717, 1.165) is 17.0 Å². The number of ether oxygens (including phenoxy) is 1. The summed E-state index contributed by atoms with van der Waals surface area (Å²) in [7, 11) is 1.62. The normalized spacial score (nSPS) is 11.8. The SMILES string of the molecule is COc1cccc(-c2nnc(SC(C)C(=O)Nc3cc(C)no3)n2-c2ccccc2)c1. The molecule has 0 saturated carbocycles. The maximum absolute atomic E-state index is 12.6. The molecule has 0 aliphatic rings. The maximum atomic E-state index is 12.6. The number of amides is 1. The van der Waals surface area contributed by atoms with Crippen molar-refractivity contribution >= 4 is 23.6 Å². The Labute approximate surface area is 183 Å². The van der Waals surface area contributed by atoms with Crippen LogP contribution in [0.4, 0.5) is 5.88 Å². The third-order valence-corrected chi connectivity index (χ3v) is 5.54. The van der Waals surface area contributed by atoms with Crippen LogP contribution in [0.3, 0.4) is 0 Å². The van der Waals surface area contributed by atoms with Crippen LogP contribution in [-0.2, 0) is 4.79 Å². The predicted octanol–water partition coefficient (Wildman–Crippen LogP) is 4.36. The molecule has 0 spiro atoms. The van der Waals surface area contributed by atoms with Crippen LogP contribution in [0.25, 0.3) is 17.1 Å². The van der Waals surface area contributed by atoms with Gasteiger partial charge in [0.1, 0.15) is 5.75 Å². The van der Waals surface area contributed by atoms with E-state index in [0.29, 0.717) is 22.6 Å². The van der Waals surface area contributed by atoms with Crippen LogP contribution < -0.4 is 10.1 Å². The number of nitrogens with zero attached hydrogens (tertiary/aromatic N) is 4. The molecule has 1 amide bonds. The number of anilines is 1. The zero-order valence-electron chi connectivity index (χ0n) is 17.3. The third kappa shape index (κ3) is 4.61. The van der Waals surface area contributed by atoms with Crippen LogP contribution in [0, 0.1) is 6.92 Å². The first-order chi connectivity index (χ1) is 15.0. The van der Waals surface area contributed by atoms with Crippen molar-refractivity contribution in [3.63, 3.8) is 0 Å². The summed E-state index contributed by atoms with van der Waals surface area (Å²) in [6.07, 6.45) is 0. The molecule has 158 valence electrons. The number of para-hydroxylation sites is 1. The molecule has 0 aliphatic heterocycles. The predicted molar refractivity (Wildman–Crippen MR) is 119 cm³/mol. The van der Waals surface area contributed by atoms with Crippen molar-refractivity contribution in [1.82, 2.24) is 19.9 Å². The number of aryl methyl sites for hydroxylation is 1. The summed E-state index contributed by atoms with van der Waals surface area (Å²) in [4.78, 5) is 12.6. The number of thioether (sulfide) groups is 1. The average molecular weight is 436 g/mol. The molecule has 31 heavy (non-hydrogen) atoms. The lowest BCUT2D eigenvalue weighted by Crippen LogP contribution is -2.22. The smallest absolute Gasteiger partial charge is 0.240 e. The molecule has 1 unspecified atom stereocenters. The molecule has 4 aromatic rings. The van der Waals surface area contributed by atoms with Crippen LogP contribution >= 0.6 is 11.8 Å². The van der Waals surface area contributed by atoms with Crippen molar-refractivity contribution in [2.24, 2.45) is 0 Å². The number of aromatic nitrogens is 4. The number of carbonyl (C=O) groups is 1. The van der Waals surface area contributed by atoms with E-state index in [1.165, 1.54) is 11.8 Å². The van der Waals surface area contributed by atoms with Crippen LogP contribution in [0.15, 0.2) is 70.3 Å². The Kier molecular flexibility index (Phi) is 6.03. The molecule has 2 heterocycles.